The molecule has 0 saturated carbocycles. The highest BCUT2D eigenvalue weighted by Crippen LogP contribution is 2.20. The second-order valence-electron chi connectivity index (χ2n) is 4.62. The standard InChI is InChI=1S/C15H17BrN4O/c1-3-5-18-14-12(7-11(16)8-19-14)15(21)20-13-9-17-6-4-10(13)2/h4,6-9H,3,5H2,1-2H3,(H,18,19)(H,20,21). The van der Waals surface area contributed by atoms with Gasteiger partial charge >= 0.3 is 0 Å². The third-order valence-corrected chi connectivity index (χ3v) is 3.36. The van der Waals surface area contributed by atoms with Crippen molar-refractivity contribution >= 4 is 33.3 Å². The molecule has 0 saturated heterocycles. The average Bonchev–Trinajstić information content (AvgIpc) is 2.48. The summed E-state index contributed by atoms with van der Waals surface area (Å²) >= 11 is 3.35. The minimum absolute atomic E-state index is 0.210. The molecule has 0 spiro atoms. The molecule has 0 radical (unpaired) electrons. The topological polar surface area (TPSA) is 66.9 Å². The van der Waals surface area contributed by atoms with Crippen molar-refractivity contribution in [1.29, 1.82) is 0 Å². The summed E-state index contributed by atoms with van der Waals surface area (Å²) < 4.78 is 0.762. The van der Waals surface area contributed by atoms with Gasteiger partial charge < -0.3 is 10.6 Å². The first-order chi connectivity index (χ1) is 10.1. The van der Waals surface area contributed by atoms with E-state index in [0.717, 1.165) is 23.0 Å². The number of carbonyl (C=O) groups is 1. The number of nitrogens with zero attached hydrogens (tertiary/aromatic N) is 2. The van der Waals surface area contributed by atoms with Gasteiger partial charge in [-0.2, -0.15) is 0 Å². The molecular formula is C15H17BrN4O. The van der Waals surface area contributed by atoms with Gasteiger partial charge in [0.25, 0.3) is 5.91 Å². The van der Waals surface area contributed by atoms with Crippen molar-refractivity contribution in [2.45, 2.75) is 20.3 Å². The van der Waals surface area contributed by atoms with Gasteiger partial charge in [0.1, 0.15) is 5.82 Å². The zero-order valence-electron chi connectivity index (χ0n) is 12.0. The van der Waals surface area contributed by atoms with Gasteiger partial charge in [-0.3, -0.25) is 9.78 Å². The molecule has 6 heteroatoms. The molecule has 1 amide bonds. The Balaban J connectivity index is 2.25. The maximum absolute atomic E-state index is 12.5. The first kappa shape index (κ1) is 15.4. The summed E-state index contributed by atoms with van der Waals surface area (Å²) in [5.74, 6) is 0.373. The quantitative estimate of drug-likeness (QED) is 0.865. The third-order valence-electron chi connectivity index (χ3n) is 2.93. The van der Waals surface area contributed by atoms with Gasteiger partial charge in [0.2, 0.25) is 0 Å². The van der Waals surface area contributed by atoms with Crippen LogP contribution in [0.25, 0.3) is 0 Å². The predicted molar refractivity (Wildman–Crippen MR) is 87.6 cm³/mol. The Labute approximate surface area is 132 Å². The fraction of sp³-hybridized carbons (Fsp3) is 0.267. The van der Waals surface area contributed by atoms with Gasteiger partial charge in [0.05, 0.1) is 17.4 Å². The Morgan fingerprint density at radius 1 is 1.38 bits per heavy atom. The lowest BCUT2D eigenvalue weighted by molar-refractivity contribution is 0.102. The van der Waals surface area contributed by atoms with E-state index in [2.05, 4.69) is 43.5 Å². The molecule has 0 aliphatic heterocycles. The van der Waals surface area contributed by atoms with Crippen molar-refractivity contribution in [3.8, 4) is 0 Å². The molecule has 2 heterocycles. The highest BCUT2D eigenvalue weighted by atomic mass is 79.9. The number of hydrogen-bond acceptors (Lipinski definition) is 4. The molecule has 2 rings (SSSR count). The van der Waals surface area contributed by atoms with Crippen LogP contribution in [0.5, 0.6) is 0 Å². The van der Waals surface area contributed by atoms with Crippen molar-refractivity contribution in [3.05, 3.63) is 46.3 Å². The number of amides is 1. The number of halogens is 1. The van der Waals surface area contributed by atoms with Crippen LogP contribution in [0.2, 0.25) is 0 Å². The normalized spacial score (nSPS) is 10.2. The third kappa shape index (κ3) is 4.01. The highest BCUT2D eigenvalue weighted by molar-refractivity contribution is 9.10. The lowest BCUT2D eigenvalue weighted by Crippen LogP contribution is -2.17. The van der Waals surface area contributed by atoms with Gasteiger partial charge in [-0.15, -0.1) is 0 Å². The van der Waals surface area contributed by atoms with E-state index in [9.17, 15) is 4.79 Å². The Morgan fingerprint density at radius 2 is 2.19 bits per heavy atom. The Hall–Kier alpha value is -1.95. The number of aromatic nitrogens is 2. The molecular weight excluding hydrogens is 332 g/mol. The number of aryl methyl sites for hydroxylation is 1. The molecule has 110 valence electrons. The van der Waals surface area contributed by atoms with Crippen molar-refractivity contribution in [1.82, 2.24) is 9.97 Å². The SMILES string of the molecule is CCCNc1ncc(Br)cc1C(=O)Nc1cnccc1C. The molecule has 2 aromatic rings. The summed E-state index contributed by atoms with van der Waals surface area (Å²) in [5.41, 5.74) is 2.16. The highest BCUT2D eigenvalue weighted by Gasteiger charge is 2.14. The maximum atomic E-state index is 12.5. The summed E-state index contributed by atoms with van der Waals surface area (Å²) in [6.45, 7) is 4.75. The second kappa shape index (κ2) is 7.17. The van der Waals surface area contributed by atoms with Crippen LogP contribution in [0.15, 0.2) is 35.2 Å². The summed E-state index contributed by atoms with van der Waals surface area (Å²) in [4.78, 5) is 20.8. The van der Waals surface area contributed by atoms with Gasteiger partial charge in [-0.05, 0) is 47.0 Å². The van der Waals surface area contributed by atoms with Crippen molar-refractivity contribution in [2.75, 3.05) is 17.2 Å². The Morgan fingerprint density at radius 3 is 2.90 bits per heavy atom. The van der Waals surface area contributed by atoms with Crippen LogP contribution >= 0.6 is 15.9 Å². The van der Waals surface area contributed by atoms with Crippen LogP contribution in [-0.4, -0.2) is 22.4 Å². The van der Waals surface area contributed by atoms with Gasteiger partial charge in [0, 0.05) is 23.4 Å². The fourth-order valence-corrected chi connectivity index (χ4v) is 2.11. The van der Waals surface area contributed by atoms with Crippen LogP contribution in [-0.2, 0) is 0 Å². The van der Waals surface area contributed by atoms with E-state index < -0.39 is 0 Å². The molecule has 2 N–H and O–H groups in total. The molecule has 0 atom stereocenters. The largest absolute Gasteiger partial charge is 0.369 e. The summed E-state index contributed by atoms with van der Waals surface area (Å²) in [6, 6.07) is 3.61. The Bertz CT molecular complexity index is 645. The molecule has 0 aliphatic carbocycles. The number of nitrogens with one attached hydrogen (secondary N) is 2. The predicted octanol–water partition coefficient (Wildman–Crippen LogP) is 3.62. The average molecular weight is 349 g/mol. The van der Waals surface area contributed by atoms with Gasteiger partial charge in [-0.25, -0.2) is 4.98 Å². The van der Waals surface area contributed by atoms with Gasteiger partial charge in [-0.1, -0.05) is 6.92 Å². The maximum Gasteiger partial charge on any atom is 0.259 e. The van der Waals surface area contributed by atoms with Crippen LogP contribution in [0.3, 0.4) is 0 Å². The van der Waals surface area contributed by atoms with Crippen molar-refractivity contribution in [3.63, 3.8) is 0 Å². The van der Waals surface area contributed by atoms with Crippen LogP contribution in [0.1, 0.15) is 29.3 Å². The summed E-state index contributed by atoms with van der Waals surface area (Å²) in [7, 11) is 0. The van der Waals surface area contributed by atoms with E-state index in [0.29, 0.717) is 17.1 Å². The monoisotopic (exact) mass is 348 g/mol. The minimum atomic E-state index is -0.210. The lowest BCUT2D eigenvalue weighted by atomic mass is 10.2. The molecule has 0 unspecified atom stereocenters. The molecule has 0 fully saturated rings. The zero-order chi connectivity index (χ0) is 15.2. The number of rotatable bonds is 5. The second-order valence-corrected chi connectivity index (χ2v) is 5.54. The molecule has 0 aliphatic rings. The van der Waals surface area contributed by atoms with Crippen molar-refractivity contribution in [2.24, 2.45) is 0 Å². The van der Waals surface area contributed by atoms with E-state index in [-0.39, 0.29) is 5.91 Å². The Kier molecular flexibility index (Phi) is 5.27. The molecule has 5 nitrogen and oxygen atoms in total. The van der Waals surface area contributed by atoms with E-state index >= 15 is 0 Å². The van der Waals surface area contributed by atoms with Crippen LogP contribution in [0, 0.1) is 6.92 Å². The molecule has 0 bridgehead atoms. The lowest BCUT2D eigenvalue weighted by Gasteiger charge is -2.12. The van der Waals surface area contributed by atoms with E-state index in [1.807, 2.05) is 13.0 Å². The first-order valence-corrected chi connectivity index (χ1v) is 7.52. The van der Waals surface area contributed by atoms with Crippen LogP contribution in [0.4, 0.5) is 11.5 Å². The number of hydrogen-bond donors (Lipinski definition) is 2. The fourth-order valence-electron chi connectivity index (χ4n) is 1.78. The zero-order valence-corrected chi connectivity index (χ0v) is 13.6. The minimum Gasteiger partial charge on any atom is -0.369 e. The number of anilines is 2. The van der Waals surface area contributed by atoms with Gasteiger partial charge in [0.15, 0.2) is 0 Å². The van der Waals surface area contributed by atoms with Crippen molar-refractivity contribution < 1.29 is 4.79 Å². The molecule has 2 aromatic heterocycles. The van der Waals surface area contributed by atoms with E-state index in [4.69, 9.17) is 0 Å². The summed E-state index contributed by atoms with van der Waals surface area (Å²) in [6.07, 6.45) is 5.96. The first-order valence-electron chi connectivity index (χ1n) is 6.73. The van der Waals surface area contributed by atoms with E-state index in [1.54, 1.807) is 24.7 Å². The summed E-state index contributed by atoms with van der Waals surface area (Å²) in [5, 5.41) is 6.03. The number of carbonyl (C=O) groups excluding carboxylic acids is 1. The smallest absolute Gasteiger partial charge is 0.259 e. The van der Waals surface area contributed by atoms with Crippen LogP contribution < -0.4 is 10.6 Å². The van der Waals surface area contributed by atoms with E-state index in [1.165, 1.54) is 0 Å². The molecule has 0 aromatic carbocycles. The molecule has 21 heavy (non-hydrogen) atoms. The number of pyridine rings is 2.